The summed E-state index contributed by atoms with van der Waals surface area (Å²) >= 11 is 1.13. The Morgan fingerprint density at radius 3 is 2.18 bits per heavy atom. The lowest BCUT2D eigenvalue weighted by Crippen LogP contribution is -2.57. The number of amides is 6. The van der Waals surface area contributed by atoms with E-state index in [-0.39, 0.29) is 30.4 Å². The molecule has 1 aliphatic heterocycles. The molecule has 6 amide bonds. The molecule has 13 heteroatoms. The van der Waals surface area contributed by atoms with Crippen LogP contribution in [0.4, 0.5) is 0 Å². The van der Waals surface area contributed by atoms with E-state index in [1.165, 1.54) is 6.92 Å². The van der Waals surface area contributed by atoms with Gasteiger partial charge in [0.25, 0.3) is 5.91 Å². The molecule has 3 rings (SSSR count). The highest BCUT2D eigenvalue weighted by Crippen LogP contribution is 2.19. The third-order valence-corrected chi connectivity index (χ3v) is 8.33. The smallest absolute Gasteiger partial charge is 0.251 e. The fourth-order valence-corrected chi connectivity index (χ4v) is 5.51. The molecule has 2 aromatic carbocycles. The molecular formula is C32H42N6O6S. The number of nitrogens with two attached hydrogens (primary N) is 1. The summed E-state index contributed by atoms with van der Waals surface area (Å²) in [5, 5.41) is 13.4. The van der Waals surface area contributed by atoms with Crippen molar-refractivity contribution in [2.75, 3.05) is 18.1 Å². The van der Waals surface area contributed by atoms with E-state index in [1.54, 1.807) is 26.0 Å². The molecule has 45 heavy (non-hydrogen) atoms. The maximum atomic E-state index is 13.1. The minimum Gasteiger partial charge on any atom is -0.368 e. The summed E-state index contributed by atoms with van der Waals surface area (Å²) < 4.78 is 0. The standard InChI is InChI=1S/C32H42N6O6S/c1-19(2)27-32(44)36-24(28(33)40)11-7-8-16-34-31(43)25(17-45-18-26(39)35-20(3)29(41)38-27)37-30(42)23-14-12-22(13-15-23)21-9-5-4-6-10-21/h4-6,9-10,12-15,19-20,24-25,27H,7-8,11,16-18H2,1-3H3,(H2,33,40)(H,34,43)(H,35,39)(H,36,44)(H,37,42)(H,38,41)/t20?,24?,25-,27?/m0/s1. The van der Waals surface area contributed by atoms with Crippen molar-refractivity contribution in [1.82, 2.24) is 26.6 Å². The minimum atomic E-state index is -0.970. The van der Waals surface area contributed by atoms with Gasteiger partial charge in [-0.05, 0) is 55.4 Å². The normalized spacial score (nSPS) is 22.8. The summed E-state index contributed by atoms with van der Waals surface area (Å²) in [6.07, 6.45) is 1.17. The van der Waals surface area contributed by atoms with Gasteiger partial charge in [0.1, 0.15) is 24.2 Å². The molecule has 0 radical (unpaired) electrons. The number of carbonyl (C=O) groups excluding carboxylic acids is 6. The van der Waals surface area contributed by atoms with E-state index in [0.29, 0.717) is 18.4 Å². The van der Waals surface area contributed by atoms with E-state index >= 15 is 0 Å². The van der Waals surface area contributed by atoms with Gasteiger partial charge in [-0.15, -0.1) is 11.8 Å². The lowest BCUT2D eigenvalue weighted by Gasteiger charge is -2.26. The van der Waals surface area contributed by atoms with Crippen LogP contribution in [0, 0.1) is 5.92 Å². The molecular weight excluding hydrogens is 596 g/mol. The maximum Gasteiger partial charge on any atom is 0.251 e. The SMILES string of the molecule is CC1NC(=O)CSC[C@H](NC(=O)c2ccc(-c3ccccc3)cc2)C(=O)NCCCCC(C(N)=O)NC(=O)C(C(C)C)NC1=O. The summed E-state index contributed by atoms with van der Waals surface area (Å²) in [5.41, 5.74) is 7.85. The quantitative estimate of drug-likeness (QED) is 0.283. The van der Waals surface area contributed by atoms with Crippen LogP contribution in [0.5, 0.6) is 0 Å². The maximum absolute atomic E-state index is 13.1. The molecule has 1 saturated heterocycles. The monoisotopic (exact) mass is 638 g/mol. The molecule has 7 N–H and O–H groups in total. The van der Waals surface area contributed by atoms with Crippen molar-refractivity contribution in [2.45, 2.75) is 64.2 Å². The van der Waals surface area contributed by atoms with Gasteiger partial charge in [-0.3, -0.25) is 28.8 Å². The van der Waals surface area contributed by atoms with Gasteiger partial charge in [0.15, 0.2) is 0 Å². The molecule has 1 aliphatic rings. The lowest BCUT2D eigenvalue weighted by molar-refractivity contribution is -0.133. The summed E-state index contributed by atoms with van der Waals surface area (Å²) in [5.74, 6) is -3.45. The Kier molecular flexibility index (Phi) is 13.4. The first kappa shape index (κ1) is 35.1. The Labute approximate surface area is 267 Å². The highest BCUT2D eigenvalue weighted by molar-refractivity contribution is 8.00. The van der Waals surface area contributed by atoms with Crippen LogP contribution in [0.3, 0.4) is 0 Å². The third kappa shape index (κ3) is 10.9. The van der Waals surface area contributed by atoms with Gasteiger partial charge in [-0.2, -0.15) is 0 Å². The van der Waals surface area contributed by atoms with Crippen molar-refractivity contribution < 1.29 is 28.8 Å². The summed E-state index contributed by atoms with van der Waals surface area (Å²) in [7, 11) is 0. The largest absolute Gasteiger partial charge is 0.368 e. The molecule has 0 spiro atoms. The number of carbonyl (C=O) groups is 6. The van der Waals surface area contributed by atoms with Crippen LogP contribution in [-0.4, -0.2) is 77.7 Å². The zero-order chi connectivity index (χ0) is 32.9. The summed E-state index contributed by atoms with van der Waals surface area (Å²) in [6, 6.07) is 12.9. The Morgan fingerprint density at radius 2 is 1.53 bits per heavy atom. The van der Waals surface area contributed by atoms with Crippen molar-refractivity contribution in [2.24, 2.45) is 11.7 Å². The van der Waals surface area contributed by atoms with E-state index in [1.807, 2.05) is 42.5 Å². The fourth-order valence-electron chi connectivity index (χ4n) is 4.66. The van der Waals surface area contributed by atoms with Crippen LogP contribution >= 0.6 is 11.8 Å². The molecule has 1 fully saturated rings. The predicted octanol–water partition coefficient (Wildman–Crippen LogP) is 1.10. The number of benzene rings is 2. The van der Waals surface area contributed by atoms with Gasteiger partial charge in [0.2, 0.25) is 29.5 Å². The first-order valence-electron chi connectivity index (χ1n) is 15.0. The number of primary amides is 1. The van der Waals surface area contributed by atoms with Crippen molar-refractivity contribution in [1.29, 1.82) is 0 Å². The Bertz CT molecular complexity index is 1350. The first-order valence-corrected chi connectivity index (χ1v) is 16.1. The zero-order valence-electron chi connectivity index (χ0n) is 25.8. The second-order valence-electron chi connectivity index (χ2n) is 11.3. The number of thioether (sulfide) groups is 1. The number of hydrogen-bond acceptors (Lipinski definition) is 7. The second-order valence-corrected chi connectivity index (χ2v) is 12.3. The van der Waals surface area contributed by atoms with Gasteiger partial charge in [0.05, 0.1) is 5.75 Å². The van der Waals surface area contributed by atoms with Crippen LogP contribution in [0.25, 0.3) is 11.1 Å². The van der Waals surface area contributed by atoms with Gasteiger partial charge in [0, 0.05) is 17.9 Å². The van der Waals surface area contributed by atoms with E-state index in [0.717, 1.165) is 22.9 Å². The molecule has 0 aromatic heterocycles. The molecule has 242 valence electrons. The van der Waals surface area contributed by atoms with Crippen LogP contribution in [0.1, 0.15) is 50.4 Å². The predicted molar refractivity (Wildman–Crippen MR) is 173 cm³/mol. The van der Waals surface area contributed by atoms with Crippen LogP contribution in [-0.2, 0) is 24.0 Å². The minimum absolute atomic E-state index is 0.0720. The summed E-state index contributed by atoms with van der Waals surface area (Å²) in [6.45, 7) is 5.23. The molecule has 2 aromatic rings. The van der Waals surface area contributed by atoms with Gasteiger partial charge < -0.3 is 32.3 Å². The third-order valence-electron chi connectivity index (χ3n) is 7.29. The zero-order valence-corrected chi connectivity index (χ0v) is 26.6. The number of hydrogen-bond donors (Lipinski definition) is 6. The van der Waals surface area contributed by atoms with Crippen molar-refractivity contribution in [3.05, 3.63) is 60.2 Å². The van der Waals surface area contributed by atoms with Crippen LogP contribution < -0.4 is 32.3 Å². The van der Waals surface area contributed by atoms with E-state index < -0.39 is 59.6 Å². The van der Waals surface area contributed by atoms with Crippen molar-refractivity contribution in [3.63, 3.8) is 0 Å². The highest BCUT2D eigenvalue weighted by Gasteiger charge is 2.30. The van der Waals surface area contributed by atoms with E-state index in [2.05, 4.69) is 26.6 Å². The Hall–Kier alpha value is -4.39. The van der Waals surface area contributed by atoms with Crippen molar-refractivity contribution in [3.8, 4) is 11.1 Å². The van der Waals surface area contributed by atoms with Gasteiger partial charge >= 0.3 is 0 Å². The fraction of sp³-hybridized carbons (Fsp3) is 0.438. The summed E-state index contributed by atoms with van der Waals surface area (Å²) in [4.78, 5) is 76.7. The molecule has 0 aliphatic carbocycles. The van der Waals surface area contributed by atoms with E-state index in [4.69, 9.17) is 5.73 Å². The second kappa shape index (κ2) is 17.2. The molecule has 12 nitrogen and oxygen atoms in total. The first-order chi connectivity index (χ1) is 21.5. The molecule has 3 unspecified atom stereocenters. The molecule has 4 atom stereocenters. The average molecular weight is 639 g/mol. The highest BCUT2D eigenvalue weighted by atomic mass is 32.2. The molecule has 0 bridgehead atoms. The van der Waals surface area contributed by atoms with Gasteiger partial charge in [-0.1, -0.05) is 56.3 Å². The Balaban J connectivity index is 1.72. The van der Waals surface area contributed by atoms with Crippen molar-refractivity contribution >= 4 is 47.2 Å². The molecule has 1 heterocycles. The lowest BCUT2D eigenvalue weighted by atomic mass is 10.0. The van der Waals surface area contributed by atoms with Crippen LogP contribution in [0.2, 0.25) is 0 Å². The number of nitrogens with one attached hydrogen (secondary N) is 5. The van der Waals surface area contributed by atoms with Crippen LogP contribution in [0.15, 0.2) is 54.6 Å². The Morgan fingerprint density at radius 1 is 0.867 bits per heavy atom. The average Bonchev–Trinajstić information content (AvgIpc) is 3.01. The topological polar surface area (TPSA) is 189 Å². The van der Waals surface area contributed by atoms with Gasteiger partial charge in [-0.25, -0.2) is 0 Å². The molecule has 0 saturated carbocycles. The number of rotatable bonds is 5. The van der Waals surface area contributed by atoms with E-state index in [9.17, 15) is 28.8 Å².